The van der Waals surface area contributed by atoms with Crippen LogP contribution in [0.4, 0.5) is 18.9 Å². The van der Waals surface area contributed by atoms with Gasteiger partial charge in [0.05, 0.1) is 11.5 Å². The summed E-state index contributed by atoms with van der Waals surface area (Å²) in [6, 6.07) is -0.105. The van der Waals surface area contributed by atoms with Crippen LogP contribution in [0, 0.1) is 40.4 Å². The van der Waals surface area contributed by atoms with Crippen LogP contribution in [-0.4, -0.2) is 35.5 Å². The fourth-order valence-corrected chi connectivity index (χ4v) is 2.22. The van der Waals surface area contributed by atoms with E-state index in [4.69, 9.17) is 4.74 Å². The van der Waals surface area contributed by atoms with Gasteiger partial charge in [-0.05, 0) is 26.7 Å². The van der Waals surface area contributed by atoms with Gasteiger partial charge in [0.15, 0.2) is 17.5 Å². The van der Waals surface area contributed by atoms with E-state index in [1.807, 2.05) is 0 Å². The van der Waals surface area contributed by atoms with E-state index in [0.29, 0.717) is 0 Å². The van der Waals surface area contributed by atoms with Crippen LogP contribution in [0.2, 0.25) is 0 Å². The summed E-state index contributed by atoms with van der Waals surface area (Å²) in [6.45, 7) is 2.18. The zero-order chi connectivity index (χ0) is 19.6. The summed E-state index contributed by atoms with van der Waals surface area (Å²) in [5.41, 5.74) is -3.88. The number of aliphatic imine (C=N–C) groups is 1. The van der Waals surface area contributed by atoms with Gasteiger partial charge in [-0.3, -0.25) is 24.7 Å². The molecule has 0 heterocycles. The largest absolute Gasteiger partial charge is 0.465 e. The molecular formula is C16H15F3N2O5. The maximum atomic E-state index is 14.4. The van der Waals surface area contributed by atoms with Crippen LogP contribution in [0.5, 0.6) is 0 Å². The summed E-state index contributed by atoms with van der Waals surface area (Å²) >= 11 is 0. The van der Waals surface area contributed by atoms with Crippen molar-refractivity contribution in [2.24, 2.45) is 10.9 Å². The van der Waals surface area contributed by atoms with Crippen molar-refractivity contribution in [2.45, 2.75) is 32.7 Å². The van der Waals surface area contributed by atoms with E-state index in [0.717, 1.165) is 26.0 Å². The normalized spacial score (nSPS) is 15.1. The Morgan fingerprint density at radius 1 is 1.31 bits per heavy atom. The lowest BCUT2D eigenvalue weighted by atomic mass is 9.94. The number of ether oxygens (including phenoxy) is 1. The van der Waals surface area contributed by atoms with Gasteiger partial charge in [0.1, 0.15) is 11.4 Å². The zero-order valence-electron chi connectivity index (χ0n) is 13.9. The van der Waals surface area contributed by atoms with Crippen LogP contribution >= 0.6 is 0 Å². The summed E-state index contributed by atoms with van der Waals surface area (Å²) < 4.78 is 46.7. The second-order valence-corrected chi connectivity index (χ2v) is 5.67. The highest BCUT2D eigenvalue weighted by Crippen LogP contribution is 2.33. The fraction of sp³-hybridized carbons (Fsp3) is 0.438. The van der Waals surface area contributed by atoms with E-state index in [-0.39, 0.29) is 12.6 Å². The van der Waals surface area contributed by atoms with Gasteiger partial charge in [0.2, 0.25) is 5.82 Å². The molecule has 1 fully saturated rings. The monoisotopic (exact) mass is 372 g/mol. The number of nitrogens with zero attached hydrogens (tertiary/aromatic N) is 2. The molecule has 7 nitrogen and oxygen atoms in total. The van der Waals surface area contributed by atoms with E-state index >= 15 is 0 Å². The molecule has 2 rings (SSSR count). The van der Waals surface area contributed by atoms with Crippen LogP contribution < -0.4 is 0 Å². The first-order valence-corrected chi connectivity index (χ1v) is 7.76. The summed E-state index contributed by atoms with van der Waals surface area (Å²) in [5, 5.41) is 11.1. The molecule has 0 N–H and O–H groups in total. The number of benzene rings is 1. The summed E-state index contributed by atoms with van der Waals surface area (Å²) in [4.78, 5) is 38.3. The molecule has 0 aromatic heterocycles. The van der Waals surface area contributed by atoms with E-state index in [2.05, 4.69) is 4.99 Å². The van der Waals surface area contributed by atoms with E-state index in [9.17, 15) is 32.9 Å². The number of hydrogen-bond donors (Lipinski definition) is 0. The molecule has 0 saturated heterocycles. The molecular weight excluding hydrogens is 357 g/mol. The number of halogens is 3. The Balaban J connectivity index is 2.60. The Morgan fingerprint density at radius 2 is 1.92 bits per heavy atom. The topological polar surface area (TPSA) is 98.9 Å². The quantitative estimate of drug-likeness (QED) is 0.139. The number of ketones is 1. The lowest BCUT2D eigenvalue weighted by molar-refractivity contribution is -0.388. The predicted octanol–water partition coefficient (Wildman–Crippen LogP) is 2.92. The van der Waals surface area contributed by atoms with Crippen molar-refractivity contribution < 1.29 is 32.4 Å². The maximum Gasteiger partial charge on any atom is 0.322 e. The molecule has 1 aliphatic rings. The minimum Gasteiger partial charge on any atom is -0.465 e. The number of carbonyl (C=O) groups excluding carboxylic acids is 2. The smallest absolute Gasteiger partial charge is 0.322 e. The Kier molecular flexibility index (Phi) is 5.73. The van der Waals surface area contributed by atoms with Crippen molar-refractivity contribution in [3.63, 3.8) is 0 Å². The fourth-order valence-electron chi connectivity index (χ4n) is 2.22. The van der Waals surface area contributed by atoms with Gasteiger partial charge in [-0.25, -0.2) is 8.78 Å². The number of nitro groups is 1. The van der Waals surface area contributed by atoms with Gasteiger partial charge in [-0.2, -0.15) is 4.39 Å². The van der Waals surface area contributed by atoms with Crippen LogP contribution in [0.25, 0.3) is 0 Å². The number of carbonyl (C=O) groups is 2. The lowest BCUT2D eigenvalue weighted by Crippen LogP contribution is -2.30. The van der Waals surface area contributed by atoms with Crippen molar-refractivity contribution in [2.75, 3.05) is 6.61 Å². The molecule has 1 unspecified atom stereocenters. The number of rotatable bonds is 7. The summed E-state index contributed by atoms with van der Waals surface area (Å²) in [7, 11) is 0. The second-order valence-electron chi connectivity index (χ2n) is 5.67. The van der Waals surface area contributed by atoms with E-state index in [1.54, 1.807) is 0 Å². The van der Waals surface area contributed by atoms with Gasteiger partial charge >= 0.3 is 11.7 Å². The molecule has 1 saturated carbocycles. The molecule has 1 aromatic carbocycles. The van der Waals surface area contributed by atoms with Gasteiger partial charge < -0.3 is 4.74 Å². The number of hydrogen-bond acceptors (Lipinski definition) is 6. The summed E-state index contributed by atoms with van der Waals surface area (Å²) in [5.74, 6) is -9.68. The highest BCUT2D eigenvalue weighted by atomic mass is 19.2. The first-order valence-electron chi connectivity index (χ1n) is 7.76. The van der Waals surface area contributed by atoms with Crippen molar-refractivity contribution in [3.8, 4) is 0 Å². The average Bonchev–Trinajstić information content (AvgIpc) is 3.40. The van der Waals surface area contributed by atoms with Gasteiger partial charge in [0, 0.05) is 17.8 Å². The summed E-state index contributed by atoms with van der Waals surface area (Å²) in [6.07, 6.45) is 2.38. The Morgan fingerprint density at radius 3 is 2.42 bits per heavy atom. The molecule has 0 amide bonds. The third kappa shape index (κ3) is 3.73. The average molecular weight is 372 g/mol. The number of nitro benzene ring substituents is 1. The van der Waals surface area contributed by atoms with Crippen LogP contribution in [-0.2, 0) is 9.53 Å². The van der Waals surface area contributed by atoms with Crippen molar-refractivity contribution in [1.29, 1.82) is 0 Å². The molecule has 140 valence electrons. The van der Waals surface area contributed by atoms with Crippen molar-refractivity contribution >= 4 is 23.7 Å². The number of Topliss-reactive ketones (excluding diaryl/α,β-unsaturated/α-hetero) is 1. The molecule has 1 atom stereocenters. The van der Waals surface area contributed by atoms with Gasteiger partial charge in [0.25, 0.3) is 0 Å². The lowest BCUT2D eigenvalue weighted by Gasteiger charge is -2.13. The van der Waals surface area contributed by atoms with Crippen LogP contribution in [0.1, 0.15) is 35.7 Å². The Labute approximate surface area is 146 Å². The minimum atomic E-state index is -1.97. The Hall–Kier alpha value is -2.78. The van der Waals surface area contributed by atoms with Crippen LogP contribution in [0.3, 0.4) is 0 Å². The van der Waals surface area contributed by atoms with Gasteiger partial charge in [-0.15, -0.1) is 0 Å². The molecule has 1 aliphatic carbocycles. The molecule has 0 bridgehead atoms. The van der Waals surface area contributed by atoms with Crippen molar-refractivity contribution in [3.05, 3.63) is 38.7 Å². The molecule has 0 spiro atoms. The van der Waals surface area contributed by atoms with Crippen LogP contribution in [0.15, 0.2) is 4.99 Å². The molecule has 10 heteroatoms. The zero-order valence-corrected chi connectivity index (χ0v) is 13.9. The number of esters is 1. The third-order valence-corrected chi connectivity index (χ3v) is 3.76. The van der Waals surface area contributed by atoms with Gasteiger partial charge in [-0.1, -0.05) is 0 Å². The SMILES string of the molecule is CCOC(=O)C(C=NC1CC1)C(=O)c1c(F)c(C)c(F)c(F)c1[N+](=O)[O-]. The predicted molar refractivity (Wildman–Crippen MR) is 83.7 cm³/mol. The Bertz CT molecular complexity index is 806. The molecule has 26 heavy (non-hydrogen) atoms. The highest BCUT2D eigenvalue weighted by molar-refractivity contribution is 6.20. The first-order chi connectivity index (χ1) is 12.2. The third-order valence-electron chi connectivity index (χ3n) is 3.76. The highest BCUT2D eigenvalue weighted by Gasteiger charge is 2.40. The molecule has 1 aromatic rings. The van der Waals surface area contributed by atoms with E-state index in [1.165, 1.54) is 6.92 Å². The second kappa shape index (κ2) is 7.63. The standard InChI is InChI=1S/C16H15F3N2O5/c1-3-26-16(23)9(6-20-8-4-5-8)15(22)10-11(17)7(2)12(18)13(19)14(10)21(24)25/h6,8-9H,3-5H2,1-2H3. The maximum absolute atomic E-state index is 14.4. The molecule has 0 radical (unpaired) electrons. The molecule has 0 aliphatic heterocycles. The minimum absolute atomic E-state index is 0.105. The van der Waals surface area contributed by atoms with Crippen molar-refractivity contribution in [1.82, 2.24) is 0 Å². The van der Waals surface area contributed by atoms with E-state index < -0.39 is 56.9 Å². The first kappa shape index (κ1) is 19.5.